The van der Waals surface area contributed by atoms with Gasteiger partial charge in [-0.2, -0.15) is 0 Å². The monoisotopic (exact) mass is 332 g/mol. The second-order valence-corrected chi connectivity index (χ2v) is 7.45. The summed E-state index contributed by atoms with van der Waals surface area (Å²) in [5.74, 6) is 0.0470. The Morgan fingerprint density at radius 3 is 2.52 bits per heavy atom. The van der Waals surface area contributed by atoms with Gasteiger partial charge in [-0.05, 0) is 19.8 Å². The SMILES string of the molecule is Cc1ccc(-c2nc(C)sc2CC(=O)NCC(O)C(C)C)cc1. The summed E-state index contributed by atoms with van der Waals surface area (Å²) in [7, 11) is 0. The van der Waals surface area contributed by atoms with Gasteiger partial charge in [-0.15, -0.1) is 11.3 Å². The number of hydrogen-bond acceptors (Lipinski definition) is 4. The highest BCUT2D eigenvalue weighted by Crippen LogP contribution is 2.28. The minimum atomic E-state index is -0.515. The molecule has 4 nitrogen and oxygen atoms in total. The number of aryl methyl sites for hydroxylation is 2. The van der Waals surface area contributed by atoms with Crippen molar-refractivity contribution in [3.05, 3.63) is 39.7 Å². The minimum absolute atomic E-state index is 0.0817. The molecule has 1 amide bonds. The third-order valence-corrected chi connectivity index (χ3v) is 4.70. The fourth-order valence-electron chi connectivity index (χ4n) is 2.19. The average Bonchev–Trinajstić information content (AvgIpc) is 2.86. The lowest BCUT2D eigenvalue weighted by atomic mass is 10.1. The van der Waals surface area contributed by atoms with Gasteiger partial charge < -0.3 is 10.4 Å². The third kappa shape index (κ3) is 4.88. The van der Waals surface area contributed by atoms with E-state index in [4.69, 9.17) is 0 Å². The highest BCUT2D eigenvalue weighted by molar-refractivity contribution is 7.12. The van der Waals surface area contributed by atoms with Gasteiger partial charge in [-0.25, -0.2) is 4.98 Å². The molecule has 0 saturated heterocycles. The Bertz CT molecular complexity index is 662. The standard InChI is InChI=1S/C18H24N2O2S/c1-11(2)15(21)10-19-17(22)9-16-18(20-13(4)23-16)14-7-5-12(3)6-8-14/h5-8,11,15,21H,9-10H2,1-4H3,(H,19,22). The predicted molar refractivity (Wildman–Crippen MR) is 94.6 cm³/mol. The van der Waals surface area contributed by atoms with E-state index in [9.17, 15) is 9.90 Å². The molecular weight excluding hydrogens is 308 g/mol. The largest absolute Gasteiger partial charge is 0.391 e. The molecule has 1 atom stereocenters. The molecule has 1 aromatic carbocycles. The van der Waals surface area contributed by atoms with Crippen LogP contribution in [0.25, 0.3) is 11.3 Å². The van der Waals surface area contributed by atoms with Gasteiger partial charge in [0.05, 0.1) is 23.2 Å². The van der Waals surface area contributed by atoms with Crippen molar-refractivity contribution in [3.63, 3.8) is 0 Å². The lowest BCUT2D eigenvalue weighted by Gasteiger charge is -2.14. The summed E-state index contributed by atoms with van der Waals surface area (Å²) in [6.45, 7) is 8.14. The van der Waals surface area contributed by atoms with Crippen molar-refractivity contribution in [3.8, 4) is 11.3 Å². The molecule has 2 aromatic rings. The normalized spacial score (nSPS) is 12.4. The number of aliphatic hydroxyl groups is 1. The molecule has 0 aliphatic carbocycles. The molecule has 124 valence electrons. The van der Waals surface area contributed by atoms with Gasteiger partial charge in [0.25, 0.3) is 0 Å². The van der Waals surface area contributed by atoms with Gasteiger partial charge >= 0.3 is 0 Å². The first-order valence-corrected chi connectivity index (χ1v) is 8.66. The summed E-state index contributed by atoms with van der Waals surface area (Å²) >= 11 is 1.55. The molecule has 0 saturated carbocycles. The first-order valence-electron chi connectivity index (χ1n) is 7.85. The van der Waals surface area contributed by atoms with E-state index in [2.05, 4.69) is 10.3 Å². The maximum atomic E-state index is 12.1. The summed E-state index contributed by atoms with van der Waals surface area (Å²) in [4.78, 5) is 17.7. The molecule has 2 rings (SSSR count). The molecule has 0 aliphatic heterocycles. The van der Waals surface area contributed by atoms with Gasteiger partial charge in [-0.1, -0.05) is 43.7 Å². The van der Waals surface area contributed by atoms with Crippen LogP contribution in [0.1, 0.15) is 29.3 Å². The molecule has 2 N–H and O–H groups in total. The smallest absolute Gasteiger partial charge is 0.225 e. The van der Waals surface area contributed by atoms with Crippen molar-refractivity contribution in [2.75, 3.05) is 6.54 Å². The summed E-state index contributed by atoms with van der Waals surface area (Å²) < 4.78 is 0. The van der Waals surface area contributed by atoms with Crippen molar-refractivity contribution in [2.24, 2.45) is 5.92 Å². The fourth-order valence-corrected chi connectivity index (χ4v) is 3.15. The van der Waals surface area contributed by atoms with Crippen LogP contribution in [0.4, 0.5) is 0 Å². The van der Waals surface area contributed by atoms with Crippen molar-refractivity contribution >= 4 is 17.2 Å². The van der Waals surface area contributed by atoms with Crippen LogP contribution in [0.5, 0.6) is 0 Å². The van der Waals surface area contributed by atoms with Gasteiger partial charge in [-0.3, -0.25) is 4.79 Å². The number of benzene rings is 1. The van der Waals surface area contributed by atoms with Crippen LogP contribution in [-0.2, 0) is 11.2 Å². The highest BCUT2D eigenvalue weighted by atomic mass is 32.1. The molecule has 0 radical (unpaired) electrons. The zero-order valence-electron chi connectivity index (χ0n) is 14.1. The van der Waals surface area contributed by atoms with Gasteiger partial charge in [0.1, 0.15) is 0 Å². The molecule has 0 aliphatic rings. The number of amides is 1. The number of thiazole rings is 1. The Kier molecular flexibility index (Phi) is 5.91. The molecule has 0 fully saturated rings. The number of rotatable bonds is 6. The van der Waals surface area contributed by atoms with Crippen molar-refractivity contribution in [2.45, 2.75) is 40.2 Å². The molecule has 1 aromatic heterocycles. The molecule has 0 bridgehead atoms. The minimum Gasteiger partial charge on any atom is -0.391 e. The Labute approximate surface area is 141 Å². The van der Waals surface area contributed by atoms with Gasteiger partial charge in [0.15, 0.2) is 0 Å². The molecule has 23 heavy (non-hydrogen) atoms. The number of aliphatic hydroxyl groups excluding tert-OH is 1. The zero-order valence-corrected chi connectivity index (χ0v) is 14.9. The molecule has 1 unspecified atom stereocenters. The summed E-state index contributed by atoms with van der Waals surface area (Å²) in [5, 5.41) is 13.5. The van der Waals surface area contributed by atoms with E-state index in [1.54, 1.807) is 11.3 Å². The second-order valence-electron chi connectivity index (χ2n) is 6.16. The number of carbonyl (C=O) groups is 1. The second kappa shape index (κ2) is 7.70. The number of aromatic nitrogens is 1. The van der Waals surface area contributed by atoms with Crippen LogP contribution in [0.15, 0.2) is 24.3 Å². The maximum Gasteiger partial charge on any atom is 0.225 e. The van der Waals surface area contributed by atoms with E-state index in [1.165, 1.54) is 5.56 Å². The Balaban J connectivity index is 2.08. The van der Waals surface area contributed by atoms with E-state index >= 15 is 0 Å². The quantitative estimate of drug-likeness (QED) is 0.854. The Morgan fingerprint density at radius 1 is 1.26 bits per heavy atom. The van der Waals surface area contributed by atoms with Crippen molar-refractivity contribution < 1.29 is 9.90 Å². The number of hydrogen-bond donors (Lipinski definition) is 2. The lowest BCUT2D eigenvalue weighted by molar-refractivity contribution is -0.121. The summed E-state index contributed by atoms with van der Waals surface area (Å²) in [6, 6.07) is 8.17. The maximum absolute atomic E-state index is 12.1. The van der Waals surface area contributed by atoms with Crippen molar-refractivity contribution in [1.82, 2.24) is 10.3 Å². The van der Waals surface area contributed by atoms with E-state index in [1.807, 2.05) is 52.0 Å². The molecular formula is C18H24N2O2S. The van der Waals surface area contributed by atoms with Crippen LogP contribution in [0.2, 0.25) is 0 Å². The number of nitrogens with one attached hydrogen (secondary N) is 1. The highest BCUT2D eigenvalue weighted by Gasteiger charge is 2.16. The topological polar surface area (TPSA) is 62.2 Å². The van der Waals surface area contributed by atoms with Gasteiger partial charge in [0, 0.05) is 17.0 Å². The van der Waals surface area contributed by atoms with E-state index < -0.39 is 6.10 Å². The van der Waals surface area contributed by atoms with E-state index in [-0.39, 0.29) is 18.4 Å². The zero-order chi connectivity index (χ0) is 17.0. The third-order valence-electron chi connectivity index (χ3n) is 3.73. The summed E-state index contributed by atoms with van der Waals surface area (Å²) in [5.41, 5.74) is 3.11. The van der Waals surface area contributed by atoms with Crippen LogP contribution >= 0.6 is 11.3 Å². The van der Waals surface area contributed by atoms with Crippen LogP contribution < -0.4 is 5.32 Å². The fraction of sp³-hybridized carbons (Fsp3) is 0.444. The molecule has 5 heteroatoms. The first kappa shape index (κ1) is 17.6. The van der Waals surface area contributed by atoms with Crippen LogP contribution in [0, 0.1) is 19.8 Å². The molecule has 0 spiro atoms. The molecule has 1 heterocycles. The van der Waals surface area contributed by atoms with Crippen LogP contribution in [-0.4, -0.2) is 28.6 Å². The summed E-state index contributed by atoms with van der Waals surface area (Å²) in [6.07, 6.45) is -0.224. The van der Waals surface area contributed by atoms with Crippen LogP contribution in [0.3, 0.4) is 0 Å². The Hall–Kier alpha value is -1.72. The first-order chi connectivity index (χ1) is 10.9. The lowest BCUT2D eigenvalue weighted by Crippen LogP contribution is -2.35. The Morgan fingerprint density at radius 2 is 1.91 bits per heavy atom. The van der Waals surface area contributed by atoms with Crippen molar-refractivity contribution in [1.29, 1.82) is 0 Å². The van der Waals surface area contributed by atoms with Gasteiger partial charge in [0.2, 0.25) is 5.91 Å². The van der Waals surface area contributed by atoms with E-state index in [0.717, 1.165) is 21.1 Å². The number of carbonyl (C=O) groups excluding carboxylic acids is 1. The predicted octanol–water partition coefficient (Wildman–Crippen LogP) is 3.10. The van der Waals surface area contributed by atoms with E-state index in [0.29, 0.717) is 6.42 Å². The average molecular weight is 332 g/mol. The number of nitrogens with zero attached hydrogens (tertiary/aromatic N) is 1.